The van der Waals surface area contributed by atoms with Crippen LogP contribution in [0.1, 0.15) is 129 Å². The summed E-state index contributed by atoms with van der Waals surface area (Å²) >= 11 is 0. The van der Waals surface area contributed by atoms with Gasteiger partial charge in [-0.25, -0.2) is 0 Å². The Morgan fingerprint density at radius 3 is 2.42 bits per heavy atom. The van der Waals surface area contributed by atoms with Crippen molar-refractivity contribution in [2.75, 3.05) is 0 Å². The van der Waals surface area contributed by atoms with Crippen LogP contribution in [0.2, 0.25) is 0 Å². The monoisotopic (exact) mass is 580 g/mol. The Balaban J connectivity index is 0.00000220. The molecule has 2 aromatic rings. The third kappa shape index (κ3) is 9.75. The number of hydrogen-bond acceptors (Lipinski definition) is 2. The molecule has 0 bridgehead atoms. The van der Waals surface area contributed by atoms with Crippen LogP contribution in [0.4, 0.5) is 0 Å². The van der Waals surface area contributed by atoms with E-state index in [9.17, 15) is 10.2 Å². The molecule has 2 atom stereocenters. The SMILES string of the molecule is C=C(C)C1=C(c2cccc(CC(=O)CCC(C)C(CC(C)(C)C)c3ccccc3C(=N)C3CCCCC3)c2)[CH]C=C1.CC.[HH]. The molecule has 0 aromatic heterocycles. The van der Waals surface area contributed by atoms with Crippen LogP contribution < -0.4 is 0 Å². The van der Waals surface area contributed by atoms with Crippen LogP contribution >= 0.6 is 0 Å². The minimum atomic E-state index is 0. The van der Waals surface area contributed by atoms with Crippen molar-refractivity contribution in [2.24, 2.45) is 17.3 Å². The van der Waals surface area contributed by atoms with Crippen molar-refractivity contribution in [3.63, 3.8) is 0 Å². The van der Waals surface area contributed by atoms with E-state index in [4.69, 9.17) is 0 Å². The summed E-state index contributed by atoms with van der Waals surface area (Å²) in [6.07, 6.45) is 15.3. The van der Waals surface area contributed by atoms with Crippen LogP contribution in [0.3, 0.4) is 0 Å². The quantitative estimate of drug-likeness (QED) is 0.249. The van der Waals surface area contributed by atoms with Gasteiger partial charge >= 0.3 is 0 Å². The van der Waals surface area contributed by atoms with Gasteiger partial charge in [0.05, 0.1) is 0 Å². The molecule has 2 aliphatic carbocycles. The lowest BCUT2D eigenvalue weighted by Gasteiger charge is -2.33. The maximum Gasteiger partial charge on any atom is 0.137 e. The van der Waals surface area contributed by atoms with E-state index < -0.39 is 0 Å². The minimum absolute atomic E-state index is 0. The molecule has 2 nitrogen and oxygen atoms in total. The maximum atomic E-state index is 13.3. The van der Waals surface area contributed by atoms with Gasteiger partial charge in [0.25, 0.3) is 0 Å². The molecular formula is C41H58NO. The highest BCUT2D eigenvalue weighted by Gasteiger charge is 2.30. The Kier molecular flexibility index (Phi) is 13.0. The molecule has 1 saturated carbocycles. The molecule has 4 rings (SSSR count). The first-order valence-corrected chi connectivity index (χ1v) is 16.7. The van der Waals surface area contributed by atoms with E-state index in [0.717, 1.165) is 53.7 Å². The molecule has 1 N–H and O–H groups in total. The Bertz CT molecular complexity index is 1320. The zero-order valence-corrected chi connectivity index (χ0v) is 28.1. The van der Waals surface area contributed by atoms with Crippen molar-refractivity contribution >= 4 is 17.1 Å². The van der Waals surface area contributed by atoms with Crippen LogP contribution in [0.15, 0.2) is 78.4 Å². The summed E-state index contributed by atoms with van der Waals surface area (Å²) in [4.78, 5) is 13.3. The first kappa shape index (κ1) is 34.5. The van der Waals surface area contributed by atoms with Gasteiger partial charge in [0.2, 0.25) is 0 Å². The fraction of sp³-hybridized carbons (Fsp3) is 0.488. The first-order chi connectivity index (χ1) is 20.5. The molecule has 2 unspecified atom stereocenters. The van der Waals surface area contributed by atoms with Crippen LogP contribution in [-0.4, -0.2) is 11.5 Å². The van der Waals surface area contributed by atoms with Crippen LogP contribution in [-0.2, 0) is 11.2 Å². The van der Waals surface area contributed by atoms with Crippen molar-refractivity contribution in [3.05, 3.63) is 107 Å². The van der Waals surface area contributed by atoms with Crippen LogP contribution in [0.5, 0.6) is 0 Å². The molecule has 0 amide bonds. The number of carbonyl (C=O) groups excluding carboxylic acids is 1. The van der Waals surface area contributed by atoms with Crippen molar-refractivity contribution in [1.82, 2.24) is 0 Å². The van der Waals surface area contributed by atoms with E-state index in [1.54, 1.807) is 0 Å². The second-order valence-electron chi connectivity index (χ2n) is 13.8. The van der Waals surface area contributed by atoms with E-state index in [0.29, 0.717) is 36.4 Å². The molecule has 2 heteroatoms. The van der Waals surface area contributed by atoms with Gasteiger partial charge in [-0.15, -0.1) is 0 Å². The number of ketones is 1. The summed E-state index contributed by atoms with van der Waals surface area (Å²) < 4.78 is 0. The van der Waals surface area contributed by atoms with Crippen molar-refractivity contribution in [2.45, 2.75) is 112 Å². The predicted octanol–water partition coefficient (Wildman–Crippen LogP) is 11.8. The van der Waals surface area contributed by atoms with E-state index in [1.165, 1.54) is 36.0 Å². The maximum absolute atomic E-state index is 13.3. The van der Waals surface area contributed by atoms with Gasteiger partial charge in [0.15, 0.2) is 0 Å². The van der Waals surface area contributed by atoms with Crippen molar-refractivity contribution < 1.29 is 6.22 Å². The summed E-state index contributed by atoms with van der Waals surface area (Å²) in [6.45, 7) is 19.4. The highest BCUT2D eigenvalue weighted by atomic mass is 16.1. The molecule has 233 valence electrons. The molecule has 43 heavy (non-hydrogen) atoms. The Morgan fingerprint density at radius 1 is 1.05 bits per heavy atom. The summed E-state index contributed by atoms with van der Waals surface area (Å²) in [6, 6.07) is 17.1. The van der Waals surface area contributed by atoms with Crippen molar-refractivity contribution in [1.29, 1.82) is 5.41 Å². The highest BCUT2D eigenvalue weighted by Crippen LogP contribution is 2.41. The van der Waals surface area contributed by atoms with Gasteiger partial charge in [-0.2, -0.15) is 0 Å². The van der Waals surface area contributed by atoms with Crippen molar-refractivity contribution in [3.8, 4) is 0 Å². The predicted molar refractivity (Wildman–Crippen MR) is 189 cm³/mol. The number of Topliss-reactive ketones (excluding diaryl/α,β-unsaturated/α-hetero) is 1. The van der Waals surface area contributed by atoms with Gasteiger partial charge in [-0.05, 0) is 83.3 Å². The van der Waals surface area contributed by atoms with E-state index in [2.05, 4.69) is 101 Å². The number of carbonyl (C=O) groups is 1. The second kappa shape index (κ2) is 16.2. The molecule has 0 heterocycles. The fourth-order valence-electron chi connectivity index (χ4n) is 6.75. The minimum Gasteiger partial charge on any atom is -0.304 e. The normalized spacial score (nSPS) is 16.8. The van der Waals surface area contributed by atoms with Crippen LogP contribution in [0, 0.1) is 29.1 Å². The molecule has 0 saturated heterocycles. The summed E-state index contributed by atoms with van der Waals surface area (Å²) in [5, 5.41) is 9.17. The average Bonchev–Trinajstić information content (AvgIpc) is 3.50. The lowest BCUT2D eigenvalue weighted by molar-refractivity contribution is -0.118. The van der Waals surface area contributed by atoms with E-state index in [-0.39, 0.29) is 6.84 Å². The second-order valence-corrected chi connectivity index (χ2v) is 13.8. The van der Waals surface area contributed by atoms with Gasteiger partial charge in [-0.3, -0.25) is 4.79 Å². The number of nitrogens with one attached hydrogen (secondary N) is 1. The zero-order valence-electron chi connectivity index (χ0n) is 28.1. The number of benzene rings is 2. The van der Waals surface area contributed by atoms with Gasteiger partial charge in [0.1, 0.15) is 5.78 Å². The lowest BCUT2D eigenvalue weighted by atomic mass is 9.71. The van der Waals surface area contributed by atoms with Crippen LogP contribution in [0.25, 0.3) is 5.57 Å². The van der Waals surface area contributed by atoms with E-state index >= 15 is 0 Å². The smallest absolute Gasteiger partial charge is 0.137 e. The van der Waals surface area contributed by atoms with Gasteiger partial charge in [0, 0.05) is 32.3 Å². The third-order valence-corrected chi connectivity index (χ3v) is 8.98. The first-order valence-electron chi connectivity index (χ1n) is 16.7. The molecule has 0 aliphatic heterocycles. The molecule has 1 fully saturated rings. The standard InChI is InChI=1S/C39H50NO.C2H6.H2/c1-27(2)33-20-13-21-34(33)31-17-12-14-29(24-31)25-32(41)23-22-28(3)37(26-39(4,5)6)35-18-10-11-19-36(35)38(40)30-15-8-7-9-16-30;1-2;/h10-14,17-21,24,28,30,37,40H,1,7-9,15-16,22-23,25-26H2,2-6H3;1-2H3;1H. The molecular weight excluding hydrogens is 522 g/mol. The topological polar surface area (TPSA) is 40.9 Å². The number of allylic oxidation sites excluding steroid dienone is 5. The fourth-order valence-corrected chi connectivity index (χ4v) is 6.75. The average molecular weight is 581 g/mol. The highest BCUT2D eigenvalue weighted by molar-refractivity contribution is 6.01. The lowest BCUT2D eigenvalue weighted by Crippen LogP contribution is -2.24. The van der Waals surface area contributed by atoms with Gasteiger partial charge in [-0.1, -0.05) is 134 Å². The summed E-state index contributed by atoms with van der Waals surface area (Å²) in [5.74, 6) is 1.36. The Hall–Kier alpha value is -3.00. The Labute approximate surface area is 264 Å². The number of hydrogen-bond donors (Lipinski definition) is 1. The number of rotatable bonds is 12. The third-order valence-electron chi connectivity index (χ3n) is 8.98. The molecule has 1 radical (unpaired) electrons. The largest absolute Gasteiger partial charge is 0.304 e. The zero-order chi connectivity index (χ0) is 31.6. The molecule has 0 spiro atoms. The molecule has 2 aliphatic rings. The van der Waals surface area contributed by atoms with E-state index in [1.807, 2.05) is 20.8 Å². The molecule has 2 aromatic carbocycles. The Morgan fingerprint density at radius 2 is 1.74 bits per heavy atom. The summed E-state index contributed by atoms with van der Waals surface area (Å²) in [5.41, 5.74) is 9.08. The van der Waals surface area contributed by atoms with Gasteiger partial charge < -0.3 is 5.41 Å². The summed E-state index contributed by atoms with van der Waals surface area (Å²) in [7, 11) is 0.